The molecule has 0 saturated carbocycles. The molecule has 7 nitrogen and oxygen atoms in total. The molecular formula is C37H32N2O5. The van der Waals surface area contributed by atoms with E-state index in [1.54, 1.807) is 55.6 Å². The Kier molecular flexibility index (Phi) is 6.61. The normalized spacial score (nSPS) is 22.8. The molecule has 44 heavy (non-hydrogen) atoms. The lowest BCUT2D eigenvalue weighted by Gasteiger charge is -2.38. The van der Waals surface area contributed by atoms with Crippen molar-refractivity contribution < 1.29 is 23.9 Å². The molecule has 7 rings (SSSR count). The number of methoxy groups -OCH3 is 1. The van der Waals surface area contributed by atoms with Crippen LogP contribution in [-0.4, -0.2) is 41.6 Å². The van der Waals surface area contributed by atoms with Gasteiger partial charge in [0, 0.05) is 23.0 Å². The van der Waals surface area contributed by atoms with E-state index in [2.05, 4.69) is 5.32 Å². The van der Waals surface area contributed by atoms with Crippen LogP contribution in [0.15, 0.2) is 103 Å². The summed E-state index contributed by atoms with van der Waals surface area (Å²) in [5, 5.41) is 3.08. The molecule has 1 saturated heterocycles. The number of carbonyl (C=O) groups excluding carboxylic acids is 3. The SMILES string of the molecule is COc1ccc(C(=O)[C@@H]2[C@H](C(=O)c3ccc(OC(C)C)cc3)N3C=Cc4ccccc4[C@@H]3[C@]23C(=O)Nc2ccccc23)cc1. The van der Waals surface area contributed by atoms with E-state index in [1.165, 1.54) is 0 Å². The molecule has 3 aliphatic rings. The number of amides is 1. The molecule has 1 N–H and O–H groups in total. The zero-order valence-corrected chi connectivity index (χ0v) is 24.7. The second-order valence-corrected chi connectivity index (χ2v) is 11.7. The van der Waals surface area contributed by atoms with E-state index in [0.717, 1.165) is 11.1 Å². The molecule has 1 spiro atoms. The smallest absolute Gasteiger partial charge is 0.238 e. The van der Waals surface area contributed by atoms with Gasteiger partial charge in [0.1, 0.15) is 23.0 Å². The van der Waals surface area contributed by atoms with Crippen LogP contribution >= 0.6 is 0 Å². The Labute approximate surface area is 256 Å². The van der Waals surface area contributed by atoms with Gasteiger partial charge < -0.3 is 19.7 Å². The predicted octanol–water partition coefficient (Wildman–Crippen LogP) is 6.46. The molecule has 0 aromatic heterocycles. The lowest BCUT2D eigenvalue weighted by molar-refractivity contribution is -0.122. The summed E-state index contributed by atoms with van der Waals surface area (Å²) in [6.45, 7) is 3.88. The van der Waals surface area contributed by atoms with Gasteiger partial charge in [-0.05, 0) is 91.2 Å². The minimum absolute atomic E-state index is 0.0157. The molecule has 0 radical (unpaired) electrons. The number of Topliss-reactive ketones (excluding diaryl/α,β-unsaturated/α-hetero) is 2. The maximum atomic E-state index is 14.9. The van der Waals surface area contributed by atoms with Crippen LogP contribution in [0.25, 0.3) is 6.08 Å². The minimum atomic E-state index is -1.38. The second kappa shape index (κ2) is 10.5. The number of ketones is 2. The zero-order chi connectivity index (χ0) is 30.6. The number of para-hydroxylation sites is 1. The average Bonchev–Trinajstić information content (AvgIpc) is 3.52. The highest BCUT2D eigenvalue weighted by atomic mass is 16.5. The number of anilines is 1. The Balaban J connectivity index is 1.46. The topological polar surface area (TPSA) is 84.9 Å². The Morgan fingerprint density at radius 3 is 2.16 bits per heavy atom. The first kappa shape index (κ1) is 27.7. The van der Waals surface area contributed by atoms with Crippen molar-refractivity contribution in [1.82, 2.24) is 4.90 Å². The van der Waals surface area contributed by atoms with Crippen molar-refractivity contribution in [3.8, 4) is 11.5 Å². The van der Waals surface area contributed by atoms with E-state index < -0.39 is 23.4 Å². The van der Waals surface area contributed by atoms with Crippen molar-refractivity contribution in [2.45, 2.75) is 37.5 Å². The van der Waals surface area contributed by atoms with Crippen molar-refractivity contribution in [1.29, 1.82) is 0 Å². The second-order valence-electron chi connectivity index (χ2n) is 11.7. The number of carbonyl (C=O) groups is 3. The molecule has 7 heteroatoms. The molecule has 0 unspecified atom stereocenters. The van der Waals surface area contributed by atoms with Crippen molar-refractivity contribution in [2.24, 2.45) is 5.92 Å². The summed E-state index contributed by atoms with van der Waals surface area (Å²) in [5.41, 5.74) is 2.68. The monoisotopic (exact) mass is 584 g/mol. The molecule has 1 fully saturated rings. The lowest BCUT2D eigenvalue weighted by Crippen LogP contribution is -2.49. The van der Waals surface area contributed by atoms with Crippen molar-refractivity contribution in [3.63, 3.8) is 0 Å². The van der Waals surface area contributed by atoms with Crippen LogP contribution in [0.4, 0.5) is 5.69 Å². The Bertz CT molecular complexity index is 1810. The molecule has 4 aromatic rings. The largest absolute Gasteiger partial charge is 0.497 e. The number of nitrogens with one attached hydrogen (secondary N) is 1. The van der Waals surface area contributed by atoms with Crippen LogP contribution in [0.3, 0.4) is 0 Å². The van der Waals surface area contributed by atoms with Crippen LogP contribution in [0.5, 0.6) is 11.5 Å². The molecule has 1 amide bonds. The van der Waals surface area contributed by atoms with Gasteiger partial charge in [0.2, 0.25) is 5.91 Å². The van der Waals surface area contributed by atoms with E-state index in [-0.39, 0.29) is 23.6 Å². The Morgan fingerprint density at radius 2 is 1.45 bits per heavy atom. The quantitative estimate of drug-likeness (QED) is 0.251. The predicted molar refractivity (Wildman–Crippen MR) is 168 cm³/mol. The van der Waals surface area contributed by atoms with Crippen LogP contribution in [0.1, 0.15) is 57.3 Å². The molecule has 4 aromatic carbocycles. The maximum absolute atomic E-state index is 14.9. The number of fused-ring (bicyclic) bond motifs is 6. The van der Waals surface area contributed by atoms with E-state index in [4.69, 9.17) is 9.47 Å². The first-order valence-corrected chi connectivity index (χ1v) is 14.8. The van der Waals surface area contributed by atoms with Gasteiger partial charge in [-0.2, -0.15) is 0 Å². The highest BCUT2D eigenvalue weighted by Gasteiger charge is 2.70. The number of nitrogens with zero attached hydrogens (tertiary/aromatic N) is 1. The van der Waals surface area contributed by atoms with Gasteiger partial charge in [-0.25, -0.2) is 0 Å². The third kappa shape index (κ3) is 4.07. The number of hydrogen-bond acceptors (Lipinski definition) is 6. The van der Waals surface area contributed by atoms with E-state index in [1.807, 2.05) is 79.6 Å². The van der Waals surface area contributed by atoms with Gasteiger partial charge in [-0.3, -0.25) is 14.4 Å². The molecular weight excluding hydrogens is 552 g/mol. The third-order valence-corrected chi connectivity index (χ3v) is 9.01. The highest BCUT2D eigenvalue weighted by molar-refractivity contribution is 6.16. The summed E-state index contributed by atoms with van der Waals surface area (Å²) >= 11 is 0. The molecule has 220 valence electrons. The lowest BCUT2D eigenvalue weighted by atomic mass is 9.62. The summed E-state index contributed by atoms with van der Waals surface area (Å²) in [5.74, 6) is -0.591. The van der Waals surface area contributed by atoms with Gasteiger partial charge >= 0.3 is 0 Å². The number of ether oxygens (including phenoxy) is 2. The zero-order valence-electron chi connectivity index (χ0n) is 24.7. The molecule has 3 aliphatic heterocycles. The first-order chi connectivity index (χ1) is 21.3. The maximum Gasteiger partial charge on any atom is 0.238 e. The number of benzene rings is 4. The average molecular weight is 585 g/mol. The summed E-state index contributed by atoms with van der Waals surface area (Å²) < 4.78 is 11.2. The minimum Gasteiger partial charge on any atom is -0.497 e. The standard InChI is InChI=1S/C37H32N2O5/c1-22(2)44-27-18-14-25(15-19-27)34(41)32-31(33(40)24-12-16-26(43-3)17-13-24)37(29-10-6-7-11-30(29)38-36(37)42)35-28-9-5-4-8-23(28)20-21-39(32)35/h4-22,31-32,35H,1-3H3,(H,38,42)/t31-,32+,35+,37+/m0/s1. The summed E-state index contributed by atoms with van der Waals surface area (Å²) in [4.78, 5) is 46.1. The Morgan fingerprint density at radius 1 is 0.818 bits per heavy atom. The van der Waals surface area contributed by atoms with Crippen LogP contribution in [0, 0.1) is 5.92 Å². The number of hydrogen-bond donors (Lipinski definition) is 1. The first-order valence-electron chi connectivity index (χ1n) is 14.8. The van der Waals surface area contributed by atoms with Gasteiger partial charge in [0.15, 0.2) is 11.6 Å². The van der Waals surface area contributed by atoms with E-state index in [9.17, 15) is 14.4 Å². The summed E-state index contributed by atoms with van der Waals surface area (Å²) in [7, 11) is 1.57. The van der Waals surface area contributed by atoms with Crippen LogP contribution in [0.2, 0.25) is 0 Å². The van der Waals surface area contributed by atoms with Gasteiger partial charge in [-0.15, -0.1) is 0 Å². The molecule has 0 bridgehead atoms. The van der Waals surface area contributed by atoms with Gasteiger partial charge in [0.25, 0.3) is 0 Å². The van der Waals surface area contributed by atoms with Crippen molar-refractivity contribution in [3.05, 3.63) is 131 Å². The summed E-state index contributed by atoms with van der Waals surface area (Å²) in [6, 6.07) is 27.7. The Hall–Kier alpha value is -5.17. The van der Waals surface area contributed by atoms with Crippen LogP contribution < -0.4 is 14.8 Å². The molecule has 4 atom stereocenters. The third-order valence-electron chi connectivity index (χ3n) is 9.01. The molecule has 3 heterocycles. The molecule has 0 aliphatic carbocycles. The fraction of sp³-hybridized carbons (Fsp3) is 0.216. The van der Waals surface area contributed by atoms with Gasteiger partial charge in [0.05, 0.1) is 25.2 Å². The van der Waals surface area contributed by atoms with Gasteiger partial charge in [-0.1, -0.05) is 42.5 Å². The fourth-order valence-corrected chi connectivity index (χ4v) is 7.24. The van der Waals surface area contributed by atoms with Crippen molar-refractivity contribution in [2.75, 3.05) is 12.4 Å². The number of rotatable bonds is 7. The van der Waals surface area contributed by atoms with E-state index in [0.29, 0.717) is 33.9 Å². The highest BCUT2D eigenvalue weighted by Crippen LogP contribution is 2.62. The van der Waals surface area contributed by atoms with Crippen LogP contribution in [-0.2, 0) is 10.2 Å². The summed E-state index contributed by atoms with van der Waals surface area (Å²) in [6.07, 6.45) is 3.82. The van der Waals surface area contributed by atoms with Crippen molar-refractivity contribution >= 4 is 29.2 Å². The van der Waals surface area contributed by atoms with E-state index >= 15 is 0 Å². The fourth-order valence-electron chi connectivity index (χ4n) is 7.24.